The molecule has 0 aliphatic carbocycles. The molecular weight excluding hydrogens is 120 g/mol. The Balaban J connectivity index is 3.89. The summed E-state index contributed by atoms with van der Waals surface area (Å²) in [5.41, 5.74) is 0. The normalized spacial score (nSPS) is 11.7. The van der Waals surface area contributed by atoms with Crippen LogP contribution in [0.5, 0.6) is 0 Å². The zero-order chi connectivity index (χ0) is 5.91. The van der Waals surface area contributed by atoms with Crippen molar-refractivity contribution in [3.05, 3.63) is 0 Å². The van der Waals surface area contributed by atoms with E-state index >= 15 is 0 Å². The van der Waals surface area contributed by atoms with Gasteiger partial charge in [-0.05, 0) is 0 Å². The van der Waals surface area contributed by atoms with Crippen LogP contribution in [0.1, 0.15) is 0 Å². The van der Waals surface area contributed by atoms with Gasteiger partial charge in [0.1, 0.15) is 11.9 Å². The van der Waals surface area contributed by atoms with Gasteiger partial charge in [0.05, 0.1) is 0 Å². The second kappa shape index (κ2) is 2.25. The molecule has 0 aromatic carbocycles. The third-order valence-electron chi connectivity index (χ3n) is 0.393. The van der Waals surface area contributed by atoms with E-state index in [1.54, 1.807) is 0 Å². The molecule has 0 radical (unpaired) electrons. The summed E-state index contributed by atoms with van der Waals surface area (Å²) in [7, 11) is -3.55. The van der Waals surface area contributed by atoms with E-state index in [9.17, 15) is 8.42 Å². The topological polar surface area (TPSA) is 74.6 Å². The minimum atomic E-state index is -3.55. The van der Waals surface area contributed by atoms with Crippen LogP contribution in [0.4, 0.5) is 0 Å². The van der Waals surface area contributed by atoms with Gasteiger partial charge < -0.3 is 10.2 Å². The van der Waals surface area contributed by atoms with E-state index in [2.05, 4.69) is 0 Å². The van der Waals surface area contributed by atoms with Gasteiger partial charge in [0.25, 0.3) is 0 Å². The summed E-state index contributed by atoms with van der Waals surface area (Å²) in [5, 5.41) is 15.7. The number of sulfone groups is 1. The number of hydrogen-bond donors (Lipinski definition) is 2. The smallest absolute Gasteiger partial charge is 0.197 e. The maximum Gasteiger partial charge on any atom is 0.197 e. The molecule has 0 aromatic rings. The third kappa shape index (κ3) is 2.55. The summed E-state index contributed by atoms with van der Waals surface area (Å²) in [6, 6.07) is 0. The van der Waals surface area contributed by atoms with Crippen LogP contribution in [-0.2, 0) is 9.84 Å². The molecule has 0 bridgehead atoms. The maximum atomic E-state index is 9.87. The Kier molecular flexibility index (Phi) is 2.21. The Morgan fingerprint density at radius 2 is 1.43 bits per heavy atom. The summed E-state index contributed by atoms with van der Waals surface area (Å²) < 4.78 is 19.7. The lowest BCUT2D eigenvalue weighted by Gasteiger charge is -1.88. The molecule has 0 aliphatic heterocycles. The summed E-state index contributed by atoms with van der Waals surface area (Å²) in [4.78, 5) is 0. The predicted octanol–water partition coefficient (Wildman–Crippen LogP) is -1.70. The molecule has 4 nitrogen and oxygen atoms in total. The van der Waals surface area contributed by atoms with Crippen molar-refractivity contribution in [1.82, 2.24) is 0 Å². The van der Waals surface area contributed by atoms with Crippen molar-refractivity contribution in [2.75, 3.05) is 11.9 Å². The van der Waals surface area contributed by atoms with E-state index in [0.29, 0.717) is 0 Å². The molecule has 0 heterocycles. The molecule has 0 rings (SSSR count). The molecule has 7 heavy (non-hydrogen) atoms. The van der Waals surface area contributed by atoms with E-state index in [-0.39, 0.29) is 0 Å². The number of aliphatic hydroxyl groups is 2. The van der Waals surface area contributed by atoms with Gasteiger partial charge in [0, 0.05) is 0 Å². The van der Waals surface area contributed by atoms with Crippen LogP contribution >= 0.6 is 0 Å². The van der Waals surface area contributed by atoms with Gasteiger partial charge in [-0.15, -0.1) is 0 Å². The van der Waals surface area contributed by atoms with Crippen LogP contribution in [0.3, 0.4) is 0 Å². The Labute approximate surface area is 41.3 Å². The molecule has 0 unspecified atom stereocenters. The van der Waals surface area contributed by atoms with E-state index in [1.165, 1.54) is 0 Å². The van der Waals surface area contributed by atoms with Gasteiger partial charge in [0.15, 0.2) is 9.84 Å². The summed E-state index contributed by atoms with van der Waals surface area (Å²) in [6.45, 7) is 0. The average Bonchev–Trinajstić information content (AvgIpc) is 1.68. The van der Waals surface area contributed by atoms with Crippen molar-refractivity contribution < 1.29 is 18.6 Å². The molecule has 44 valence electrons. The molecule has 0 aromatic heterocycles. The zero-order valence-corrected chi connectivity index (χ0v) is 4.35. The zero-order valence-electron chi connectivity index (χ0n) is 3.53. The van der Waals surface area contributed by atoms with Gasteiger partial charge in [-0.2, -0.15) is 0 Å². The Morgan fingerprint density at radius 1 is 1.14 bits per heavy atom. The SMILES string of the molecule is O=S(=O)(CO)CO. The third-order valence-corrected chi connectivity index (χ3v) is 1.18. The monoisotopic (exact) mass is 126 g/mol. The molecule has 0 fully saturated rings. The fourth-order valence-corrected chi connectivity index (χ4v) is 0.122. The van der Waals surface area contributed by atoms with Gasteiger partial charge >= 0.3 is 0 Å². The minimum absolute atomic E-state index is 0.983. The molecule has 0 saturated heterocycles. The van der Waals surface area contributed by atoms with Crippen molar-refractivity contribution in [2.45, 2.75) is 0 Å². The number of aliphatic hydroxyl groups excluding tert-OH is 2. The van der Waals surface area contributed by atoms with Crippen LogP contribution in [0.15, 0.2) is 0 Å². The minimum Gasteiger partial charge on any atom is -0.380 e. The highest BCUT2D eigenvalue weighted by Gasteiger charge is 2.02. The summed E-state index contributed by atoms with van der Waals surface area (Å²) >= 11 is 0. The number of rotatable bonds is 2. The highest BCUT2D eigenvalue weighted by atomic mass is 32.2. The van der Waals surface area contributed by atoms with Crippen molar-refractivity contribution in [3.63, 3.8) is 0 Å². The van der Waals surface area contributed by atoms with Gasteiger partial charge in [0.2, 0.25) is 0 Å². The van der Waals surface area contributed by atoms with E-state index in [0.717, 1.165) is 0 Å². The second-order valence-electron chi connectivity index (χ2n) is 1.00. The molecule has 5 heteroatoms. The molecular formula is C2H6O4S. The predicted molar refractivity (Wildman–Crippen MR) is 23.1 cm³/mol. The Morgan fingerprint density at radius 3 is 1.43 bits per heavy atom. The molecule has 2 N–H and O–H groups in total. The average molecular weight is 126 g/mol. The van der Waals surface area contributed by atoms with Crippen LogP contribution in [-0.4, -0.2) is 30.5 Å². The van der Waals surface area contributed by atoms with E-state index in [4.69, 9.17) is 10.2 Å². The van der Waals surface area contributed by atoms with E-state index in [1.807, 2.05) is 0 Å². The Hall–Kier alpha value is -0.130. The highest BCUT2D eigenvalue weighted by Crippen LogP contribution is 1.79. The fourth-order valence-electron chi connectivity index (χ4n) is 0.0408. The highest BCUT2D eigenvalue weighted by molar-refractivity contribution is 7.90. The first kappa shape index (κ1) is 6.87. The molecule has 0 atom stereocenters. The van der Waals surface area contributed by atoms with Crippen LogP contribution in [0.25, 0.3) is 0 Å². The van der Waals surface area contributed by atoms with E-state index < -0.39 is 21.7 Å². The van der Waals surface area contributed by atoms with Crippen LogP contribution in [0, 0.1) is 0 Å². The van der Waals surface area contributed by atoms with Gasteiger partial charge in [-0.25, -0.2) is 8.42 Å². The van der Waals surface area contributed by atoms with Crippen molar-refractivity contribution >= 4 is 9.84 Å². The lowest BCUT2D eigenvalue weighted by Crippen LogP contribution is -2.08. The number of hydrogen-bond acceptors (Lipinski definition) is 4. The van der Waals surface area contributed by atoms with Gasteiger partial charge in [-0.3, -0.25) is 0 Å². The van der Waals surface area contributed by atoms with Crippen molar-refractivity contribution in [3.8, 4) is 0 Å². The lowest BCUT2D eigenvalue weighted by atomic mass is 11.7. The fraction of sp³-hybridized carbons (Fsp3) is 1.00. The largest absolute Gasteiger partial charge is 0.380 e. The quantitative estimate of drug-likeness (QED) is 0.462. The van der Waals surface area contributed by atoms with Gasteiger partial charge in [-0.1, -0.05) is 0 Å². The van der Waals surface area contributed by atoms with Crippen molar-refractivity contribution in [1.29, 1.82) is 0 Å². The van der Waals surface area contributed by atoms with Crippen molar-refractivity contribution in [2.24, 2.45) is 0 Å². The molecule has 0 saturated carbocycles. The summed E-state index contributed by atoms with van der Waals surface area (Å²) in [5.74, 6) is -1.97. The Bertz CT molecular complexity index is 113. The first-order valence-electron chi connectivity index (χ1n) is 1.54. The second-order valence-corrected chi connectivity index (χ2v) is 3.01. The first-order chi connectivity index (χ1) is 3.12. The standard InChI is InChI=1S/C2H6O4S/c3-1-7(5,6)2-4/h3-4H,1-2H2. The molecule has 0 amide bonds. The van der Waals surface area contributed by atoms with Crippen LogP contribution < -0.4 is 0 Å². The first-order valence-corrected chi connectivity index (χ1v) is 3.36. The summed E-state index contributed by atoms with van der Waals surface area (Å²) in [6.07, 6.45) is 0. The molecule has 0 spiro atoms. The van der Waals surface area contributed by atoms with Crippen LogP contribution in [0.2, 0.25) is 0 Å². The molecule has 0 aliphatic rings. The maximum absolute atomic E-state index is 9.87. The lowest BCUT2D eigenvalue weighted by molar-refractivity contribution is 0.327.